The van der Waals surface area contributed by atoms with Gasteiger partial charge < -0.3 is 109 Å². The summed E-state index contributed by atoms with van der Waals surface area (Å²) in [7, 11) is 0. The molecule has 33 heteroatoms. The number of hydrogen-bond acceptors (Lipinski definition) is 20. The Balaban J connectivity index is 2.37. The monoisotopic (exact) mass is 1220 g/mol. The molecule has 0 aromatic carbocycles. The van der Waals surface area contributed by atoms with Gasteiger partial charge >= 0.3 is 0 Å². The number of hydrogen-bond donors (Lipinski definition) is 20. The Morgan fingerprint density at radius 1 is 0.663 bits per heavy atom. The predicted octanol–water partition coefficient (Wildman–Crippen LogP) is -7.03. The largest absolute Gasteiger partial charge is 0.394 e. The second kappa shape index (κ2) is 43.1. The van der Waals surface area contributed by atoms with Gasteiger partial charge in [0.15, 0.2) is 5.96 Å². The van der Waals surface area contributed by atoms with E-state index in [2.05, 4.69) is 62.8 Å². The van der Waals surface area contributed by atoms with Crippen molar-refractivity contribution >= 4 is 70.7 Å². The number of nitrogens with one attached hydrogen (secondary N) is 11. The summed E-state index contributed by atoms with van der Waals surface area (Å²) in [5.74, 6) is -8.34. The van der Waals surface area contributed by atoms with Gasteiger partial charge in [0, 0.05) is 37.9 Å². The van der Waals surface area contributed by atoms with Crippen molar-refractivity contribution < 1.29 is 53.1 Å². The van der Waals surface area contributed by atoms with Gasteiger partial charge in [-0.05, 0) is 142 Å². The van der Waals surface area contributed by atoms with Gasteiger partial charge in [0.1, 0.15) is 47.7 Å². The van der Waals surface area contributed by atoms with Crippen molar-refractivity contribution in [1.82, 2.24) is 62.7 Å². The van der Waals surface area contributed by atoms with Gasteiger partial charge in [0.05, 0.1) is 25.5 Å². The molecule has 0 bridgehead atoms. The Hall–Kier alpha value is -7.53. The van der Waals surface area contributed by atoms with E-state index < -0.39 is 115 Å². The number of H-pyrrole nitrogens is 1. The van der Waals surface area contributed by atoms with Crippen molar-refractivity contribution in [2.24, 2.45) is 50.9 Å². The number of aromatic nitrogens is 2. The zero-order valence-electron chi connectivity index (χ0n) is 49.3. The normalized spacial score (nSPS) is 15.4. The number of aromatic amines is 1. The Labute approximate surface area is 501 Å². The number of unbranched alkanes of at least 4 members (excludes halogenated alkanes) is 4. The third-order valence-electron chi connectivity index (χ3n) is 13.6. The van der Waals surface area contributed by atoms with Crippen LogP contribution in [0.25, 0.3) is 0 Å². The van der Waals surface area contributed by atoms with E-state index in [1.165, 1.54) is 23.5 Å². The Kier molecular flexibility index (Phi) is 37.4. The van der Waals surface area contributed by atoms with Crippen molar-refractivity contribution in [2.45, 2.75) is 158 Å². The average Bonchev–Trinajstić information content (AvgIpc) is 3.15. The minimum Gasteiger partial charge on any atom is -0.394 e. The standard InChI is InChI=1S/C53H96N22O11/c54-19-4-1-12-34(60)44(78)69-38(18-24-59)49(83)74-41(31-76)46(80)66-30-43(77)68-39(15-9-23-58)52(86)75-27-11-17-42(75)51(85)73-40(28-33-29-63-32-67-33)50(84)72-36(14-3-6-21-56)47(81)71-37(16-10-26-65-53(61)62)48(82)70-35(13-2-5-20-55)45(79)64-25-8-7-22-57/h16,29,32,34-36,38,40-42,76H,1-15,17-28,30-31,54-60H2,(H,63,67)(H,64,79)(H,66,80)(H,69,78)(H,70,82)(H,71,81)(H,72,84)(H,73,85)(H,74,83)(H4,61,62,65)/b37-16-,68-39+/t34-,35-,36-,38-,40-,41-,42-/m0/s1. The smallest absolute Gasteiger partial charge is 0.269 e. The number of aliphatic hydroxyl groups is 1. The lowest BCUT2D eigenvalue weighted by Crippen LogP contribution is -2.57. The van der Waals surface area contributed by atoms with Gasteiger partial charge in [-0.15, -0.1) is 0 Å². The number of rotatable bonds is 44. The topological polar surface area (TPSA) is 575 Å². The zero-order valence-corrected chi connectivity index (χ0v) is 49.3. The molecule has 7 atom stereocenters. The van der Waals surface area contributed by atoms with Crippen LogP contribution in [0.2, 0.25) is 0 Å². The zero-order chi connectivity index (χ0) is 63.8. The van der Waals surface area contributed by atoms with Crippen LogP contribution in [-0.2, 0) is 54.4 Å². The molecule has 1 fully saturated rings. The number of imidazole rings is 1. The van der Waals surface area contributed by atoms with Gasteiger partial charge in [-0.1, -0.05) is 12.5 Å². The highest BCUT2D eigenvalue weighted by molar-refractivity contribution is 6.40. The number of nitrogens with two attached hydrogens (primary N) is 8. The van der Waals surface area contributed by atoms with Crippen LogP contribution in [0.5, 0.6) is 0 Å². The number of amides is 10. The van der Waals surface area contributed by atoms with Gasteiger partial charge in [-0.25, -0.2) is 9.98 Å². The molecule has 28 N–H and O–H groups in total. The molecule has 10 amide bonds. The van der Waals surface area contributed by atoms with E-state index in [1.54, 1.807) is 0 Å². The second-order valence-electron chi connectivity index (χ2n) is 20.5. The van der Waals surface area contributed by atoms with E-state index >= 15 is 0 Å². The summed E-state index contributed by atoms with van der Waals surface area (Å²) < 4.78 is 0. The lowest BCUT2D eigenvalue weighted by Gasteiger charge is -2.28. The number of carbonyl (C=O) groups is 10. The van der Waals surface area contributed by atoms with Crippen molar-refractivity contribution in [3.05, 3.63) is 30.0 Å². The molecule has 33 nitrogen and oxygen atoms in total. The lowest BCUT2D eigenvalue weighted by molar-refractivity contribution is -0.136. The van der Waals surface area contributed by atoms with Crippen LogP contribution in [0.3, 0.4) is 0 Å². The molecule has 2 heterocycles. The van der Waals surface area contributed by atoms with E-state index in [1.807, 2.05) is 0 Å². The molecule has 2 rings (SSSR count). The first kappa shape index (κ1) is 74.6. The Morgan fingerprint density at radius 3 is 1.85 bits per heavy atom. The van der Waals surface area contributed by atoms with Crippen LogP contribution in [0.4, 0.5) is 0 Å². The molecule has 1 saturated heterocycles. The molecular formula is C53H96N22O11. The number of guanidine groups is 1. The predicted molar refractivity (Wildman–Crippen MR) is 320 cm³/mol. The molecule has 0 aliphatic carbocycles. The van der Waals surface area contributed by atoms with Crippen molar-refractivity contribution in [3.63, 3.8) is 0 Å². The SMILES string of the molecule is N=C(N)NCC/C=C(\NC(=O)[C@H](CCCCN)NC(=O)[C@H](Cc1cnc[nH]1)NC(=O)[C@@H]1CCCN1C(=O)/C(CCCN)=N/C(=O)CNC(=O)[C@H](CO)NC(=O)[C@H](CCN)NC(=O)[C@@H](N)CCCCN)C(=O)N[C@@H](CCCCN)C(=O)NCCCCN. The molecule has 1 aromatic heterocycles. The van der Waals surface area contributed by atoms with Crippen LogP contribution in [0.1, 0.15) is 115 Å². The fraction of sp³-hybridized carbons (Fsp3) is 0.679. The van der Waals surface area contributed by atoms with Crippen molar-refractivity contribution in [2.75, 3.05) is 72.1 Å². The summed E-state index contributed by atoms with van der Waals surface area (Å²) in [6, 6.07) is -8.69. The van der Waals surface area contributed by atoms with E-state index in [0.717, 1.165) is 0 Å². The maximum Gasteiger partial charge on any atom is 0.269 e. The van der Waals surface area contributed by atoms with Gasteiger partial charge in [-0.2, -0.15) is 0 Å². The number of carbonyl (C=O) groups excluding carboxylic acids is 10. The van der Waals surface area contributed by atoms with Gasteiger partial charge in [0.25, 0.3) is 17.7 Å². The third kappa shape index (κ3) is 28.6. The average molecular weight is 1220 g/mol. The fourth-order valence-electron chi connectivity index (χ4n) is 8.80. The summed E-state index contributed by atoms with van der Waals surface area (Å²) in [4.78, 5) is 149. The molecule has 86 heavy (non-hydrogen) atoms. The van der Waals surface area contributed by atoms with E-state index in [-0.39, 0.29) is 101 Å². The molecular weight excluding hydrogens is 1120 g/mol. The van der Waals surface area contributed by atoms with Crippen LogP contribution < -0.4 is 93.7 Å². The maximum atomic E-state index is 14.5. The molecule has 1 aromatic rings. The van der Waals surface area contributed by atoms with Crippen molar-refractivity contribution in [3.8, 4) is 0 Å². The molecule has 0 saturated carbocycles. The highest BCUT2D eigenvalue weighted by Gasteiger charge is 2.39. The minimum atomic E-state index is -1.59. The summed E-state index contributed by atoms with van der Waals surface area (Å²) in [5.41, 5.74) is 45.4. The molecule has 484 valence electrons. The minimum absolute atomic E-state index is 0.0211. The number of likely N-dealkylation sites (tertiary alicyclic amines) is 1. The van der Waals surface area contributed by atoms with Crippen LogP contribution in [-0.4, -0.2) is 205 Å². The fourth-order valence-corrected chi connectivity index (χ4v) is 8.80. The third-order valence-corrected chi connectivity index (χ3v) is 13.6. The molecule has 0 spiro atoms. The summed E-state index contributed by atoms with van der Waals surface area (Å²) >= 11 is 0. The van der Waals surface area contributed by atoms with Gasteiger partial charge in [-0.3, -0.25) is 53.4 Å². The van der Waals surface area contributed by atoms with E-state index in [0.29, 0.717) is 96.1 Å². The Morgan fingerprint density at radius 2 is 1.24 bits per heavy atom. The number of nitrogens with zero attached hydrogens (tertiary/aromatic N) is 3. The molecule has 0 unspecified atom stereocenters. The quantitative estimate of drug-likeness (QED) is 0.0125. The first-order valence-corrected chi connectivity index (χ1v) is 29.4. The highest BCUT2D eigenvalue weighted by atomic mass is 16.3. The van der Waals surface area contributed by atoms with E-state index in [4.69, 9.17) is 51.3 Å². The summed E-state index contributed by atoms with van der Waals surface area (Å²) in [6.45, 7) is 0.224. The number of aliphatic hydroxyl groups excluding tert-OH is 1. The van der Waals surface area contributed by atoms with E-state index in [9.17, 15) is 53.1 Å². The highest BCUT2D eigenvalue weighted by Crippen LogP contribution is 2.20. The second-order valence-corrected chi connectivity index (χ2v) is 20.5. The van der Waals surface area contributed by atoms with Crippen LogP contribution in [0, 0.1) is 5.41 Å². The Bertz CT molecular complexity index is 2380. The van der Waals surface area contributed by atoms with Crippen LogP contribution in [0.15, 0.2) is 29.3 Å². The molecule has 0 radical (unpaired) electrons. The maximum absolute atomic E-state index is 14.5. The first-order valence-electron chi connectivity index (χ1n) is 29.4. The molecule has 1 aliphatic heterocycles. The summed E-state index contributed by atoms with van der Waals surface area (Å²) in [5, 5.41) is 40.9. The van der Waals surface area contributed by atoms with Crippen LogP contribution >= 0.6 is 0 Å². The number of aliphatic imine (C=N–C) groups is 1. The van der Waals surface area contributed by atoms with Crippen molar-refractivity contribution in [1.29, 1.82) is 5.41 Å². The summed E-state index contributed by atoms with van der Waals surface area (Å²) in [6.07, 6.45) is 9.44. The lowest BCUT2D eigenvalue weighted by atomic mass is 10.1. The van der Waals surface area contributed by atoms with Gasteiger partial charge in [0.2, 0.25) is 41.4 Å². The first-order chi connectivity index (χ1) is 41.3. The molecule has 1 aliphatic rings.